The van der Waals surface area contributed by atoms with E-state index in [1.54, 1.807) is 160 Å². The van der Waals surface area contributed by atoms with E-state index in [1.165, 1.54) is 53.5 Å². The van der Waals surface area contributed by atoms with E-state index in [9.17, 15) is 34.8 Å². The van der Waals surface area contributed by atoms with Gasteiger partial charge in [-0.05, 0) is 171 Å². The van der Waals surface area contributed by atoms with E-state index < -0.39 is 39.2 Å². The normalized spacial score (nSPS) is 12.6. The molecule has 140 heavy (non-hydrogen) atoms. The van der Waals surface area contributed by atoms with Crippen LogP contribution in [0.4, 0.5) is 26.3 Å². The van der Waals surface area contributed by atoms with Crippen molar-refractivity contribution in [3.8, 4) is 111 Å². The standard InChI is InChI=1S/C21H17ClFN3O2S.C18H12Cl2FN3S.C17H11ClFN3S.C17H10ClFN2S.C17H11ClN2S.C15H12F2N2S/c1-26(2)29(27,28)15-6-3-5-13(9-15)14-10-17-18(12-25-21(17)24-11-14)16-7-4-8-19(23)20(16)22;1-9-17(20)25-15(24-9)6-10-5-12-13(8-23-18(12)22-7-10)11-3-2-4-14(21)16(11)19;1-9-20-8-15(23-9)10-5-12-13(7-22-17(12)21-6-10)11-3-2-4-14(19)16(11)18;18-15-3-1-2-12(16(15)19)14-8-21-17-13(14)6-11(7-20-17)10-4-5-22-9-10;18-16-4-2-1-3-13(16)15-9-20-17-14(15)7-12(8-19-17)11-5-6-21-10-11;16-15(17)8-19(9-15)14-2-1-13-12(14)5-11(6-18-13)10-3-4-20-7-10/h3-12H,1-2H3,(H,24,25);2-5,7-8H,6H2,1H3,(H,22,23);2-8H,1H3,(H,21,22);1-9H,(H,20,21);1-10H,(H,19,20);2-7H,1,8-9H2. The average molecular weight is 2100 g/mol. The number of thiophene rings is 3. The van der Waals surface area contributed by atoms with Gasteiger partial charge >= 0.3 is 0 Å². The molecule has 0 saturated carbocycles. The first-order valence-electron chi connectivity index (χ1n) is 43.0. The maximum absolute atomic E-state index is 14.3. The minimum Gasteiger partial charge on any atom is -0.359 e. The predicted molar refractivity (Wildman–Crippen MR) is 562 cm³/mol. The number of nitrogens with one attached hydrogen (secondary N) is 5. The molecule has 35 heteroatoms. The van der Waals surface area contributed by atoms with Crippen LogP contribution in [-0.4, -0.2) is 116 Å². The maximum atomic E-state index is 14.3. The number of sulfonamides is 1. The lowest BCUT2D eigenvalue weighted by atomic mass is 10.0. The highest BCUT2D eigenvalue weighted by Gasteiger charge is 2.46. The highest BCUT2D eigenvalue weighted by molar-refractivity contribution is 7.89. The molecule has 22 aromatic rings. The molecule has 2 aliphatic rings. The van der Waals surface area contributed by atoms with Crippen LogP contribution in [0.15, 0.2) is 294 Å². The van der Waals surface area contributed by atoms with Crippen LogP contribution in [0.5, 0.6) is 0 Å². The number of aryl methyl sites for hydroxylation is 2. The van der Waals surface area contributed by atoms with Crippen LogP contribution in [0.25, 0.3) is 171 Å². The molecule has 24 rings (SSSR count). The van der Waals surface area contributed by atoms with Crippen LogP contribution in [0, 0.1) is 37.1 Å². The number of nitrogens with zero attached hydrogens (tertiary/aromatic N) is 10. The molecule has 1 fully saturated rings. The fraction of sp³-hybridized carbons (Fsp3) is 0.0857. The van der Waals surface area contributed by atoms with Gasteiger partial charge in [-0.3, -0.25) is 4.98 Å². The van der Waals surface area contributed by atoms with E-state index in [0.29, 0.717) is 44.2 Å². The van der Waals surface area contributed by atoms with Gasteiger partial charge in [0.15, 0.2) is 0 Å². The van der Waals surface area contributed by atoms with E-state index in [2.05, 4.69) is 105 Å². The van der Waals surface area contributed by atoms with Crippen LogP contribution >= 0.6 is 126 Å². The van der Waals surface area contributed by atoms with Gasteiger partial charge in [-0.1, -0.05) is 155 Å². The van der Waals surface area contributed by atoms with Crippen molar-refractivity contribution in [2.45, 2.75) is 37.5 Å². The number of aromatic nitrogens is 13. The number of hydrogen-bond donors (Lipinski definition) is 5. The Morgan fingerprint density at radius 3 is 1.30 bits per heavy atom. The Kier molecular flexibility index (Phi) is 28.2. The van der Waals surface area contributed by atoms with Gasteiger partial charge in [0.05, 0.1) is 64.4 Å². The molecule has 0 bridgehead atoms. The number of halogens is 12. The fourth-order valence-corrected chi connectivity index (χ4v) is 22.2. The summed E-state index contributed by atoms with van der Waals surface area (Å²) in [7, 11) is -0.572. The van der Waals surface area contributed by atoms with E-state index in [4.69, 9.17) is 69.6 Å². The number of benzene rings is 6. The molecule has 1 aliphatic carbocycles. The molecule has 0 atom stereocenters. The largest absolute Gasteiger partial charge is 0.359 e. The molecular weight excluding hydrogens is 2020 g/mol. The lowest BCUT2D eigenvalue weighted by Gasteiger charge is -2.41. The van der Waals surface area contributed by atoms with Crippen LogP contribution in [0.1, 0.15) is 32.5 Å². The number of alkyl halides is 2. The van der Waals surface area contributed by atoms with Crippen LogP contribution < -0.4 is 0 Å². The van der Waals surface area contributed by atoms with Crippen molar-refractivity contribution >= 4 is 197 Å². The van der Waals surface area contributed by atoms with Gasteiger partial charge < -0.3 is 29.8 Å². The van der Waals surface area contributed by atoms with Crippen LogP contribution in [-0.2, 0) is 22.9 Å². The van der Waals surface area contributed by atoms with Gasteiger partial charge in [0.2, 0.25) is 10.0 Å². The van der Waals surface area contributed by atoms with Crippen molar-refractivity contribution in [3.63, 3.8) is 0 Å². The summed E-state index contributed by atoms with van der Waals surface area (Å²) in [5.41, 5.74) is 25.1. The molecule has 16 aromatic heterocycles. The zero-order valence-corrected chi connectivity index (χ0v) is 83.2. The van der Waals surface area contributed by atoms with Gasteiger partial charge in [-0.15, -0.1) is 22.7 Å². The summed E-state index contributed by atoms with van der Waals surface area (Å²) in [6.45, 7) is 3.50. The topological polar surface area (TPSA) is 223 Å². The Morgan fingerprint density at radius 2 is 0.836 bits per heavy atom. The first-order chi connectivity index (χ1) is 67.6. The summed E-state index contributed by atoms with van der Waals surface area (Å²) in [5.74, 6) is -4.32. The number of thiazole rings is 2. The summed E-state index contributed by atoms with van der Waals surface area (Å²) >= 11 is 44.8. The Hall–Kier alpha value is -13.0. The Labute approximate surface area is 847 Å². The molecule has 0 amide bonds. The van der Waals surface area contributed by atoms with E-state index >= 15 is 0 Å². The summed E-state index contributed by atoms with van der Waals surface area (Å²) in [5, 5.41) is 20.0. The monoisotopic (exact) mass is 2090 g/mol. The SMILES string of the molecule is CN(C)S(=O)(=O)c1cccc(-c2cnc3[nH]cc(-c4cccc(F)c4Cl)c3c2)c1.Cc1nc(Cc2cnc3[nH]cc(-c4cccc(F)c4Cl)c3c2)sc1Cl.Cc1ncc(-c2cnc3[nH]cc(-c4cccc(F)c4Cl)c3c2)s1.Clc1ccccc1-c1c[nH]c2ncc(-c3ccsc3)cc12.FC1(F)CN(C2=CCc3ncc(-c4ccsc4)cc32)C1.Fc1c(Cl)cccc1-c1c[nH]c2ncc(-c3ccsc3)cc12. The highest BCUT2D eigenvalue weighted by atomic mass is 35.5. The summed E-state index contributed by atoms with van der Waals surface area (Å²) < 4.78 is 109. The Balaban J connectivity index is 0.000000107. The molecule has 17 heterocycles. The number of H-pyrrole nitrogens is 5. The van der Waals surface area contributed by atoms with Crippen molar-refractivity contribution < 1.29 is 34.8 Å². The molecule has 700 valence electrons. The molecule has 0 spiro atoms. The lowest BCUT2D eigenvalue weighted by molar-refractivity contribution is -0.105. The minimum atomic E-state index is -3.55. The third kappa shape index (κ3) is 20.3. The number of allylic oxidation sites excluding steroid dienone is 1. The van der Waals surface area contributed by atoms with Crippen molar-refractivity contribution in [3.05, 3.63) is 374 Å². The van der Waals surface area contributed by atoms with Gasteiger partial charge in [0, 0.05) is 228 Å². The smallest absolute Gasteiger partial charge is 0.282 e. The number of pyridine rings is 6. The van der Waals surface area contributed by atoms with Crippen molar-refractivity contribution in [1.29, 1.82) is 0 Å². The quantitative estimate of drug-likeness (QED) is 0.0607. The zero-order valence-electron chi connectivity index (χ0n) is 73.8. The minimum absolute atomic E-state index is 0.0397. The zero-order chi connectivity index (χ0) is 97.4. The second-order valence-electron chi connectivity index (χ2n) is 32.6. The Bertz CT molecular complexity index is 8510. The second-order valence-corrected chi connectivity index (χ2v) is 41.9. The third-order valence-electron chi connectivity index (χ3n) is 23.3. The van der Waals surface area contributed by atoms with Crippen molar-refractivity contribution in [2.75, 3.05) is 27.2 Å². The lowest BCUT2D eigenvalue weighted by Crippen LogP contribution is -2.54. The number of likely N-dealkylation sites (tertiary alicyclic amines) is 1. The number of fused-ring (bicyclic) bond motifs is 6. The number of rotatable bonds is 15. The number of hydrogen-bond acceptors (Lipinski definition) is 16. The van der Waals surface area contributed by atoms with E-state index in [0.717, 1.165) is 176 Å². The van der Waals surface area contributed by atoms with E-state index in [1.807, 2.05) is 135 Å². The Morgan fingerprint density at radius 1 is 0.414 bits per heavy atom. The molecule has 5 N–H and O–H groups in total. The van der Waals surface area contributed by atoms with Gasteiger partial charge in [0.1, 0.15) is 55.8 Å². The number of aromatic amines is 5. The first kappa shape index (κ1) is 95.9. The molecular formula is C105H73Cl6F6N15O2S6. The van der Waals surface area contributed by atoms with E-state index in [-0.39, 0.29) is 38.1 Å². The third-order valence-corrected chi connectivity index (χ3v) is 31.4. The van der Waals surface area contributed by atoms with Gasteiger partial charge in [0.25, 0.3) is 5.92 Å². The maximum Gasteiger partial charge on any atom is 0.282 e. The van der Waals surface area contributed by atoms with Crippen LogP contribution in [0.3, 0.4) is 0 Å². The van der Waals surface area contributed by atoms with Gasteiger partial charge in [-0.2, -0.15) is 34.0 Å². The molecule has 0 unspecified atom stereocenters. The second kappa shape index (κ2) is 41.1. The average Bonchev–Trinajstić information content (AvgIpc) is 1.51. The molecule has 6 aromatic carbocycles. The highest BCUT2D eigenvalue weighted by Crippen LogP contribution is 2.45. The molecule has 17 nitrogen and oxygen atoms in total. The molecule has 1 aliphatic heterocycles. The van der Waals surface area contributed by atoms with Crippen molar-refractivity contribution in [1.82, 2.24) is 74.0 Å². The fourth-order valence-electron chi connectivity index (χ4n) is 16.2. The first-order valence-corrected chi connectivity index (χ1v) is 51.2. The molecule has 1 saturated heterocycles. The van der Waals surface area contributed by atoms with Gasteiger partial charge in [-0.25, -0.2) is 74.0 Å². The summed E-state index contributed by atoms with van der Waals surface area (Å²) in [4.78, 5) is 54.1. The molecule has 0 radical (unpaired) electrons. The van der Waals surface area contributed by atoms with Crippen molar-refractivity contribution in [2.24, 2.45) is 0 Å². The summed E-state index contributed by atoms with van der Waals surface area (Å²) in [6.07, 6.45) is 25.1. The predicted octanol–water partition coefficient (Wildman–Crippen LogP) is 31.4. The van der Waals surface area contributed by atoms with Crippen LogP contribution in [0.2, 0.25) is 29.4 Å². The summed E-state index contributed by atoms with van der Waals surface area (Å²) in [6, 6.07) is 52.2.